The molecule has 0 aromatic carbocycles. The fraction of sp³-hybridized carbons (Fsp3) is 0.500. The number of fused-ring (bicyclic) bond motifs is 1. The molecule has 5 nitrogen and oxygen atoms in total. The summed E-state index contributed by atoms with van der Waals surface area (Å²) in [5, 5.41) is 6.49. The molecule has 0 radical (unpaired) electrons. The van der Waals surface area contributed by atoms with Gasteiger partial charge >= 0.3 is 0 Å². The Bertz CT molecular complexity index is 693. The standard InChI is InChI=1S/C16H20N4OS/c1-18-6-5-11-9-20(10-14(11)18)16(21)12-8-13(19(2)17-12)15-4-3-7-22-15/h3-4,7-8,11,14H,5-6,9-10H2,1-2H3/t11-,14+/m1/s1. The summed E-state index contributed by atoms with van der Waals surface area (Å²) >= 11 is 1.67. The summed E-state index contributed by atoms with van der Waals surface area (Å²) < 4.78 is 1.81. The van der Waals surface area contributed by atoms with E-state index < -0.39 is 0 Å². The van der Waals surface area contributed by atoms with Crippen LogP contribution in [0.4, 0.5) is 0 Å². The van der Waals surface area contributed by atoms with E-state index >= 15 is 0 Å². The van der Waals surface area contributed by atoms with Crippen LogP contribution in [0.2, 0.25) is 0 Å². The van der Waals surface area contributed by atoms with Crippen LogP contribution < -0.4 is 0 Å². The molecule has 2 aliphatic heterocycles. The van der Waals surface area contributed by atoms with E-state index in [0.717, 1.165) is 30.2 Å². The average Bonchev–Trinajstić information content (AvgIpc) is 3.24. The van der Waals surface area contributed by atoms with Gasteiger partial charge in [0.15, 0.2) is 5.69 Å². The van der Waals surface area contributed by atoms with Gasteiger partial charge in [-0.3, -0.25) is 9.48 Å². The van der Waals surface area contributed by atoms with E-state index in [1.807, 2.05) is 34.1 Å². The van der Waals surface area contributed by atoms with Crippen LogP contribution in [-0.2, 0) is 7.05 Å². The summed E-state index contributed by atoms with van der Waals surface area (Å²) in [6.07, 6.45) is 1.20. The molecule has 4 rings (SSSR count). The Labute approximate surface area is 134 Å². The average molecular weight is 316 g/mol. The number of amides is 1. The first-order valence-electron chi connectivity index (χ1n) is 7.71. The van der Waals surface area contributed by atoms with Gasteiger partial charge in [0.05, 0.1) is 10.6 Å². The van der Waals surface area contributed by atoms with Crippen molar-refractivity contribution in [1.29, 1.82) is 0 Å². The van der Waals surface area contributed by atoms with Crippen molar-refractivity contribution >= 4 is 17.2 Å². The smallest absolute Gasteiger partial charge is 0.274 e. The summed E-state index contributed by atoms with van der Waals surface area (Å²) in [5.41, 5.74) is 1.57. The lowest BCUT2D eigenvalue weighted by Crippen LogP contribution is -2.35. The Morgan fingerprint density at radius 3 is 2.95 bits per heavy atom. The Morgan fingerprint density at radius 1 is 1.36 bits per heavy atom. The molecule has 22 heavy (non-hydrogen) atoms. The van der Waals surface area contributed by atoms with Crippen molar-refractivity contribution in [3.05, 3.63) is 29.3 Å². The maximum absolute atomic E-state index is 12.8. The van der Waals surface area contributed by atoms with Gasteiger partial charge in [-0.2, -0.15) is 5.10 Å². The Hall–Kier alpha value is -1.66. The van der Waals surface area contributed by atoms with Crippen molar-refractivity contribution in [3.8, 4) is 10.6 Å². The van der Waals surface area contributed by atoms with Crippen LogP contribution in [0.3, 0.4) is 0 Å². The summed E-state index contributed by atoms with van der Waals surface area (Å²) in [6.45, 7) is 2.87. The molecule has 0 bridgehead atoms. The van der Waals surface area contributed by atoms with Gasteiger partial charge in [0.25, 0.3) is 5.91 Å². The third-order valence-electron chi connectivity index (χ3n) is 4.99. The molecule has 0 spiro atoms. The van der Waals surface area contributed by atoms with Gasteiger partial charge in [-0.1, -0.05) is 6.07 Å². The third-order valence-corrected chi connectivity index (χ3v) is 5.88. The Kier molecular flexibility index (Phi) is 3.31. The summed E-state index contributed by atoms with van der Waals surface area (Å²) in [5.74, 6) is 0.704. The molecule has 1 amide bonds. The van der Waals surface area contributed by atoms with Crippen LogP contribution in [-0.4, -0.2) is 58.2 Å². The number of thiophene rings is 1. The van der Waals surface area contributed by atoms with Gasteiger partial charge in [0.1, 0.15) is 0 Å². The second kappa shape index (κ2) is 5.21. The van der Waals surface area contributed by atoms with Gasteiger partial charge in [0, 0.05) is 26.2 Å². The highest BCUT2D eigenvalue weighted by molar-refractivity contribution is 7.13. The second-order valence-electron chi connectivity index (χ2n) is 6.32. The van der Waals surface area contributed by atoms with Crippen molar-refractivity contribution in [2.75, 3.05) is 26.7 Å². The molecule has 4 heterocycles. The maximum atomic E-state index is 12.8. The zero-order chi connectivity index (χ0) is 15.3. The predicted molar refractivity (Wildman–Crippen MR) is 86.9 cm³/mol. The third kappa shape index (κ3) is 2.18. The second-order valence-corrected chi connectivity index (χ2v) is 7.27. The molecule has 0 saturated carbocycles. The minimum Gasteiger partial charge on any atom is -0.335 e. The lowest BCUT2D eigenvalue weighted by atomic mass is 10.1. The molecular weight excluding hydrogens is 296 g/mol. The number of aryl methyl sites for hydroxylation is 1. The molecular formula is C16H20N4OS. The molecule has 2 aliphatic rings. The van der Waals surface area contributed by atoms with E-state index in [2.05, 4.69) is 23.1 Å². The number of carbonyl (C=O) groups is 1. The molecule has 0 N–H and O–H groups in total. The molecule has 2 atom stereocenters. The fourth-order valence-electron chi connectivity index (χ4n) is 3.73. The Morgan fingerprint density at radius 2 is 2.23 bits per heavy atom. The number of rotatable bonds is 2. The minimum atomic E-state index is 0.0706. The van der Waals surface area contributed by atoms with Crippen LogP contribution in [0.1, 0.15) is 16.9 Å². The van der Waals surface area contributed by atoms with Gasteiger partial charge in [0.2, 0.25) is 0 Å². The number of carbonyl (C=O) groups excluding carboxylic acids is 1. The molecule has 6 heteroatoms. The van der Waals surface area contributed by atoms with E-state index in [-0.39, 0.29) is 5.91 Å². The molecule has 0 unspecified atom stereocenters. The number of hydrogen-bond donors (Lipinski definition) is 0. The van der Waals surface area contributed by atoms with Gasteiger partial charge in [-0.25, -0.2) is 0 Å². The van der Waals surface area contributed by atoms with Crippen molar-refractivity contribution in [2.24, 2.45) is 13.0 Å². The van der Waals surface area contributed by atoms with Crippen LogP contribution in [0, 0.1) is 5.92 Å². The first-order valence-corrected chi connectivity index (χ1v) is 8.59. The first kappa shape index (κ1) is 14.0. The lowest BCUT2D eigenvalue weighted by Gasteiger charge is -2.19. The summed E-state index contributed by atoms with van der Waals surface area (Å²) in [6, 6.07) is 6.53. The van der Waals surface area contributed by atoms with Crippen molar-refractivity contribution in [2.45, 2.75) is 12.5 Å². The van der Waals surface area contributed by atoms with Crippen molar-refractivity contribution in [3.63, 3.8) is 0 Å². The summed E-state index contributed by atoms with van der Waals surface area (Å²) in [4.78, 5) is 18.3. The molecule has 2 fully saturated rings. The highest BCUT2D eigenvalue weighted by Gasteiger charge is 2.41. The Balaban J connectivity index is 1.56. The van der Waals surface area contributed by atoms with Gasteiger partial charge < -0.3 is 9.80 Å². The highest BCUT2D eigenvalue weighted by atomic mass is 32.1. The van der Waals surface area contributed by atoms with Crippen LogP contribution >= 0.6 is 11.3 Å². The molecule has 2 aromatic heterocycles. The first-order chi connectivity index (χ1) is 10.6. The quantitative estimate of drug-likeness (QED) is 0.850. The molecule has 2 aromatic rings. The van der Waals surface area contributed by atoms with Gasteiger partial charge in [-0.15, -0.1) is 11.3 Å². The predicted octanol–water partition coefficient (Wildman–Crippen LogP) is 1.92. The van der Waals surface area contributed by atoms with Crippen LogP contribution in [0.5, 0.6) is 0 Å². The zero-order valence-corrected chi connectivity index (χ0v) is 13.7. The normalized spacial score (nSPS) is 24.9. The number of likely N-dealkylation sites (tertiary alicyclic amines) is 2. The fourth-order valence-corrected chi connectivity index (χ4v) is 4.50. The van der Waals surface area contributed by atoms with E-state index in [1.165, 1.54) is 6.42 Å². The van der Waals surface area contributed by atoms with Crippen LogP contribution in [0.15, 0.2) is 23.6 Å². The number of likely N-dealkylation sites (N-methyl/N-ethyl adjacent to an activating group) is 1. The number of nitrogens with zero attached hydrogens (tertiary/aromatic N) is 4. The summed E-state index contributed by atoms with van der Waals surface area (Å²) in [7, 11) is 4.06. The SMILES string of the molecule is CN1CC[C@@H]2CN(C(=O)c3cc(-c4cccs4)n(C)n3)C[C@@H]21. The van der Waals surface area contributed by atoms with Crippen LogP contribution in [0.25, 0.3) is 10.6 Å². The van der Waals surface area contributed by atoms with E-state index in [4.69, 9.17) is 0 Å². The highest BCUT2D eigenvalue weighted by Crippen LogP contribution is 2.31. The number of aromatic nitrogens is 2. The van der Waals surface area contributed by atoms with Gasteiger partial charge in [-0.05, 0) is 43.4 Å². The maximum Gasteiger partial charge on any atom is 0.274 e. The van der Waals surface area contributed by atoms with Crippen molar-refractivity contribution < 1.29 is 4.79 Å². The molecule has 116 valence electrons. The minimum absolute atomic E-state index is 0.0706. The topological polar surface area (TPSA) is 41.4 Å². The monoisotopic (exact) mass is 316 g/mol. The number of hydrogen-bond acceptors (Lipinski definition) is 4. The van der Waals surface area contributed by atoms with Crippen molar-refractivity contribution in [1.82, 2.24) is 19.6 Å². The van der Waals surface area contributed by atoms with E-state index in [9.17, 15) is 4.79 Å². The van der Waals surface area contributed by atoms with E-state index in [0.29, 0.717) is 17.7 Å². The van der Waals surface area contributed by atoms with E-state index in [1.54, 1.807) is 11.3 Å². The largest absolute Gasteiger partial charge is 0.335 e. The molecule has 0 aliphatic carbocycles. The zero-order valence-electron chi connectivity index (χ0n) is 12.9. The molecule has 2 saturated heterocycles. The lowest BCUT2D eigenvalue weighted by molar-refractivity contribution is 0.0768.